The minimum absolute atomic E-state index is 0.0184. The van der Waals surface area contributed by atoms with Crippen LogP contribution >= 0.6 is 7.82 Å². The van der Waals surface area contributed by atoms with Crippen molar-refractivity contribution in [3.05, 3.63) is 85.1 Å². The Bertz CT molecular complexity index is 1260. The molecule has 0 saturated heterocycles. The molecule has 0 fully saturated rings. The fourth-order valence-electron chi connectivity index (χ4n) is 6.35. The number of likely N-dealkylation sites (N-methyl/N-ethyl adjacent to an activating group) is 1. The van der Waals surface area contributed by atoms with Crippen LogP contribution < -0.4 is 4.89 Å². The van der Waals surface area contributed by atoms with Crippen LogP contribution in [-0.2, 0) is 27.9 Å². The fraction of sp³-hybridized carbons (Fsp3) is 0.717. The highest BCUT2D eigenvalue weighted by molar-refractivity contribution is 7.45. The molecule has 2 atom stereocenters. The third-order valence-corrected chi connectivity index (χ3v) is 11.1. The summed E-state index contributed by atoms with van der Waals surface area (Å²) in [5.74, 6) is -0.348. The molecule has 0 spiro atoms. The molecule has 0 aliphatic rings. The second-order valence-corrected chi connectivity index (χ2v) is 18.8. The lowest BCUT2D eigenvalue weighted by atomic mass is 10.1. The zero-order valence-electron chi connectivity index (χ0n) is 40.5. The van der Waals surface area contributed by atoms with Crippen LogP contribution in [0.5, 0.6) is 0 Å². The van der Waals surface area contributed by atoms with Crippen molar-refractivity contribution in [1.82, 2.24) is 0 Å². The van der Waals surface area contributed by atoms with Gasteiger partial charge in [0.25, 0.3) is 7.82 Å². The number of ether oxygens (including phenoxy) is 2. The summed E-state index contributed by atoms with van der Waals surface area (Å²) in [6.45, 7) is 5.22. The molecule has 9 heteroatoms. The van der Waals surface area contributed by atoms with E-state index >= 15 is 0 Å². The average molecular weight is 888 g/mol. The van der Waals surface area contributed by atoms with E-state index in [2.05, 4.69) is 98.9 Å². The van der Waals surface area contributed by atoms with Crippen molar-refractivity contribution >= 4 is 13.8 Å². The van der Waals surface area contributed by atoms with E-state index in [9.17, 15) is 14.3 Å². The molecule has 0 N–H and O–H groups in total. The number of carbonyl (C=O) groups is 1. The van der Waals surface area contributed by atoms with Crippen molar-refractivity contribution in [3.63, 3.8) is 0 Å². The van der Waals surface area contributed by atoms with E-state index in [1.807, 2.05) is 21.1 Å². The lowest BCUT2D eigenvalue weighted by molar-refractivity contribution is -0.870. The molecule has 8 nitrogen and oxygen atoms in total. The van der Waals surface area contributed by atoms with E-state index in [1.165, 1.54) is 77.0 Å². The maximum atomic E-state index is 12.7. The molecule has 0 saturated carbocycles. The van der Waals surface area contributed by atoms with Crippen LogP contribution in [0.2, 0.25) is 0 Å². The first-order valence-electron chi connectivity index (χ1n) is 24.8. The number of rotatable bonds is 45. The Morgan fingerprint density at radius 2 is 0.935 bits per heavy atom. The first-order chi connectivity index (χ1) is 30.1. The van der Waals surface area contributed by atoms with Gasteiger partial charge in [0.15, 0.2) is 0 Å². The first kappa shape index (κ1) is 59.7. The van der Waals surface area contributed by atoms with E-state index in [4.69, 9.17) is 18.5 Å². The lowest BCUT2D eigenvalue weighted by Gasteiger charge is -2.28. The molecule has 0 amide bonds. The van der Waals surface area contributed by atoms with E-state index in [-0.39, 0.29) is 25.8 Å². The van der Waals surface area contributed by atoms with Crippen LogP contribution in [0.4, 0.5) is 0 Å². The van der Waals surface area contributed by atoms with Gasteiger partial charge in [-0.15, -0.1) is 0 Å². The summed E-state index contributed by atoms with van der Waals surface area (Å²) in [5.41, 5.74) is 0. The van der Waals surface area contributed by atoms with Gasteiger partial charge in [0.1, 0.15) is 19.3 Å². The van der Waals surface area contributed by atoms with Crippen LogP contribution in [0.25, 0.3) is 0 Å². The highest BCUT2D eigenvalue weighted by Gasteiger charge is 2.20. The van der Waals surface area contributed by atoms with Gasteiger partial charge in [-0.3, -0.25) is 9.36 Å². The predicted molar refractivity (Wildman–Crippen MR) is 263 cm³/mol. The van der Waals surface area contributed by atoms with Crippen LogP contribution in [0.1, 0.15) is 187 Å². The SMILES string of the molecule is CC/C=C\C/C=C\C/C=C\C/C=C\C/C=C\CCCCCCCCCCCC(=O)OC(COCCCCCCCC/C=C\C/C=C\CCCC)COP(=O)([O-])OCC[N+](C)(C)C. The third kappa shape index (κ3) is 48.7. The molecule has 0 aromatic heterocycles. The van der Waals surface area contributed by atoms with Crippen molar-refractivity contribution in [2.45, 2.75) is 193 Å². The van der Waals surface area contributed by atoms with Crippen molar-refractivity contribution < 1.29 is 37.3 Å². The van der Waals surface area contributed by atoms with E-state index in [0.29, 0.717) is 24.1 Å². The topological polar surface area (TPSA) is 94.1 Å². The molecule has 2 unspecified atom stereocenters. The number of carbonyl (C=O) groups excluding carboxylic acids is 1. The van der Waals surface area contributed by atoms with Gasteiger partial charge in [-0.1, -0.05) is 182 Å². The molecule has 62 heavy (non-hydrogen) atoms. The van der Waals surface area contributed by atoms with Crippen molar-refractivity contribution in [2.75, 3.05) is 54.1 Å². The third-order valence-electron chi connectivity index (χ3n) is 10.2. The number of quaternary nitrogens is 1. The Labute approximate surface area is 382 Å². The summed E-state index contributed by atoms with van der Waals surface area (Å²) in [7, 11) is 1.33. The van der Waals surface area contributed by atoms with Gasteiger partial charge in [-0.2, -0.15) is 0 Å². The Morgan fingerprint density at radius 3 is 1.40 bits per heavy atom. The summed E-state index contributed by atoms with van der Waals surface area (Å²) in [6.07, 6.45) is 60.3. The largest absolute Gasteiger partial charge is 0.756 e. The van der Waals surface area contributed by atoms with E-state index in [1.54, 1.807) is 0 Å². The summed E-state index contributed by atoms with van der Waals surface area (Å²) < 4.78 is 34.7. The van der Waals surface area contributed by atoms with Gasteiger partial charge in [-0.25, -0.2) is 0 Å². The Hall–Kier alpha value is -2.32. The molecule has 0 radical (unpaired) electrons. The molecule has 0 bridgehead atoms. The molecule has 0 aromatic carbocycles. The van der Waals surface area contributed by atoms with Gasteiger partial charge in [0, 0.05) is 13.0 Å². The normalized spacial score (nSPS) is 14.4. The number of phosphoric acid groups is 1. The highest BCUT2D eigenvalue weighted by atomic mass is 31.2. The number of nitrogens with zero attached hydrogens (tertiary/aromatic N) is 1. The van der Waals surface area contributed by atoms with Crippen LogP contribution in [0.3, 0.4) is 0 Å². The maximum absolute atomic E-state index is 12.7. The lowest BCUT2D eigenvalue weighted by Crippen LogP contribution is -2.37. The standard InChI is InChI=1S/C53H94NO7P/c1-6-8-10-12-14-16-18-20-22-23-24-25-26-27-28-29-30-31-32-34-36-38-40-42-44-46-53(55)61-52(51-60-62(56,57)59-49-47-54(3,4)5)50-58-48-45-43-41-39-37-35-33-21-19-17-15-13-11-9-7-2/h8,10,13-16,19-22,24-25,27-28,52H,6-7,9,11-12,17-18,23,26,29-51H2,1-5H3/b10-8-,15-13-,16-14-,21-19-,22-20-,25-24-,28-27-. The smallest absolute Gasteiger partial charge is 0.306 e. The van der Waals surface area contributed by atoms with Gasteiger partial charge in [0.2, 0.25) is 0 Å². The van der Waals surface area contributed by atoms with Gasteiger partial charge in [-0.05, 0) is 83.5 Å². The number of hydrogen-bond acceptors (Lipinski definition) is 7. The molecule has 0 aliphatic carbocycles. The number of hydrogen-bond donors (Lipinski definition) is 0. The maximum Gasteiger partial charge on any atom is 0.306 e. The van der Waals surface area contributed by atoms with Crippen molar-refractivity contribution in [1.29, 1.82) is 0 Å². The Morgan fingerprint density at radius 1 is 0.516 bits per heavy atom. The second kappa shape index (κ2) is 45.3. The minimum atomic E-state index is -4.54. The molecular formula is C53H94NO7P. The fourth-order valence-corrected chi connectivity index (χ4v) is 7.08. The molecule has 0 aliphatic heterocycles. The summed E-state index contributed by atoms with van der Waals surface area (Å²) in [4.78, 5) is 25.2. The number of unbranched alkanes of at least 4 members (excludes halogenated alkanes) is 17. The average Bonchev–Trinajstić information content (AvgIpc) is 3.23. The molecule has 0 rings (SSSR count). The van der Waals surface area contributed by atoms with Gasteiger partial charge >= 0.3 is 5.97 Å². The Kier molecular flexibility index (Phi) is 43.6. The monoisotopic (exact) mass is 888 g/mol. The van der Waals surface area contributed by atoms with Gasteiger partial charge in [0.05, 0.1) is 34.4 Å². The minimum Gasteiger partial charge on any atom is -0.756 e. The van der Waals surface area contributed by atoms with Gasteiger partial charge < -0.3 is 27.9 Å². The summed E-state index contributed by atoms with van der Waals surface area (Å²) in [6, 6.07) is 0. The Balaban J connectivity index is 4.18. The zero-order chi connectivity index (χ0) is 45.5. The highest BCUT2D eigenvalue weighted by Crippen LogP contribution is 2.38. The van der Waals surface area contributed by atoms with Crippen LogP contribution in [0, 0.1) is 0 Å². The van der Waals surface area contributed by atoms with Crippen molar-refractivity contribution in [3.8, 4) is 0 Å². The quantitative estimate of drug-likeness (QED) is 0.0198. The summed E-state index contributed by atoms with van der Waals surface area (Å²) in [5, 5.41) is 0. The summed E-state index contributed by atoms with van der Waals surface area (Å²) >= 11 is 0. The predicted octanol–water partition coefficient (Wildman–Crippen LogP) is 14.6. The molecular weight excluding hydrogens is 794 g/mol. The molecule has 358 valence electrons. The first-order valence-corrected chi connectivity index (χ1v) is 26.3. The van der Waals surface area contributed by atoms with E-state index < -0.39 is 13.9 Å². The van der Waals surface area contributed by atoms with Crippen LogP contribution in [-0.4, -0.2) is 70.7 Å². The molecule has 0 heterocycles. The number of esters is 1. The molecule has 0 aromatic rings. The van der Waals surface area contributed by atoms with Crippen LogP contribution in [0.15, 0.2) is 85.1 Å². The number of allylic oxidation sites excluding steroid dienone is 14. The second-order valence-electron chi connectivity index (χ2n) is 17.4. The number of phosphoric ester groups is 1. The van der Waals surface area contributed by atoms with Crippen molar-refractivity contribution in [2.24, 2.45) is 0 Å². The van der Waals surface area contributed by atoms with E-state index in [0.717, 1.165) is 89.9 Å². The zero-order valence-corrected chi connectivity index (χ0v) is 41.4.